The minimum Gasteiger partial charge on any atom is -0.454 e. The molecule has 0 radical (unpaired) electrons. The fourth-order valence-corrected chi connectivity index (χ4v) is 2.72. The second kappa shape index (κ2) is 5.72. The SMILES string of the molecule is Cc1cc(C)c(N=Cc2cc3c(cc2[N+](=O)[O-])OCO3)c(C)c1. The van der Waals surface area contributed by atoms with Crippen molar-refractivity contribution in [1.82, 2.24) is 0 Å². The molecule has 0 N–H and O–H groups in total. The van der Waals surface area contributed by atoms with E-state index in [0.29, 0.717) is 17.1 Å². The third-order valence-corrected chi connectivity index (χ3v) is 3.69. The summed E-state index contributed by atoms with van der Waals surface area (Å²) >= 11 is 0. The summed E-state index contributed by atoms with van der Waals surface area (Å²) in [6, 6.07) is 7.03. The summed E-state index contributed by atoms with van der Waals surface area (Å²) in [5.74, 6) is 0.881. The fraction of sp³-hybridized carbons (Fsp3) is 0.235. The number of fused-ring (bicyclic) bond motifs is 1. The second-order valence-corrected chi connectivity index (χ2v) is 5.53. The molecule has 1 heterocycles. The van der Waals surface area contributed by atoms with Crippen LogP contribution in [0.25, 0.3) is 0 Å². The summed E-state index contributed by atoms with van der Waals surface area (Å²) in [6.45, 7) is 6.04. The predicted octanol–water partition coefficient (Wildman–Crippen LogP) is 4.00. The zero-order valence-electron chi connectivity index (χ0n) is 13.1. The Bertz CT molecular complexity index is 805. The van der Waals surface area contributed by atoms with Gasteiger partial charge in [0.15, 0.2) is 11.5 Å². The predicted molar refractivity (Wildman–Crippen MR) is 87.1 cm³/mol. The summed E-state index contributed by atoms with van der Waals surface area (Å²) in [7, 11) is 0. The van der Waals surface area contributed by atoms with Crippen molar-refractivity contribution in [3.63, 3.8) is 0 Å². The highest BCUT2D eigenvalue weighted by Crippen LogP contribution is 2.37. The first-order valence-electron chi connectivity index (χ1n) is 7.15. The Morgan fingerprint density at radius 3 is 2.30 bits per heavy atom. The molecule has 0 saturated carbocycles. The average molecular weight is 312 g/mol. The minimum absolute atomic E-state index is 0.0552. The molecule has 0 saturated heterocycles. The zero-order valence-corrected chi connectivity index (χ0v) is 13.1. The Labute approximate surface area is 133 Å². The Balaban J connectivity index is 2.05. The number of ether oxygens (including phenoxy) is 2. The van der Waals surface area contributed by atoms with E-state index in [2.05, 4.69) is 4.99 Å². The molecule has 3 rings (SSSR count). The van der Waals surface area contributed by atoms with Gasteiger partial charge in [-0.1, -0.05) is 17.7 Å². The number of hydrogen-bond acceptors (Lipinski definition) is 5. The van der Waals surface area contributed by atoms with Crippen LogP contribution in [0.3, 0.4) is 0 Å². The summed E-state index contributed by atoms with van der Waals surface area (Å²) < 4.78 is 10.5. The smallest absolute Gasteiger partial charge is 0.282 e. The Kier molecular flexibility index (Phi) is 3.73. The van der Waals surface area contributed by atoms with E-state index in [1.807, 2.05) is 32.9 Å². The topological polar surface area (TPSA) is 74.0 Å². The third kappa shape index (κ3) is 2.88. The van der Waals surface area contributed by atoms with Crippen LogP contribution in [0.5, 0.6) is 11.5 Å². The molecule has 0 amide bonds. The standard InChI is InChI=1S/C17H16N2O4/c1-10-4-11(2)17(12(3)5-10)18-8-13-6-15-16(23-9-22-15)7-14(13)19(20)21/h4-8H,9H2,1-3H3. The Morgan fingerprint density at radius 1 is 1.09 bits per heavy atom. The lowest BCUT2D eigenvalue weighted by atomic mass is 10.1. The van der Waals surface area contributed by atoms with E-state index in [1.54, 1.807) is 6.07 Å². The van der Waals surface area contributed by atoms with Gasteiger partial charge in [-0.05, 0) is 38.0 Å². The van der Waals surface area contributed by atoms with Gasteiger partial charge in [0, 0.05) is 6.21 Å². The maximum atomic E-state index is 11.3. The Morgan fingerprint density at radius 2 is 1.70 bits per heavy atom. The highest BCUT2D eigenvalue weighted by molar-refractivity contribution is 5.89. The van der Waals surface area contributed by atoms with Gasteiger partial charge in [0.1, 0.15) is 0 Å². The molecule has 0 aliphatic carbocycles. The lowest BCUT2D eigenvalue weighted by molar-refractivity contribution is -0.385. The molecule has 6 nitrogen and oxygen atoms in total. The summed E-state index contributed by atoms with van der Waals surface area (Å²) in [6.07, 6.45) is 1.50. The number of benzene rings is 2. The molecule has 1 aliphatic heterocycles. The first-order valence-corrected chi connectivity index (χ1v) is 7.15. The van der Waals surface area contributed by atoms with Gasteiger partial charge in [0.25, 0.3) is 5.69 Å². The molecule has 0 fully saturated rings. The second-order valence-electron chi connectivity index (χ2n) is 5.53. The highest BCUT2D eigenvalue weighted by atomic mass is 16.7. The van der Waals surface area contributed by atoms with Gasteiger partial charge < -0.3 is 9.47 Å². The van der Waals surface area contributed by atoms with E-state index in [4.69, 9.17) is 9.47 Å². The lowest BCUT2D eigenvalue weighted by Gasteiger charge is -2.06. The van der Waals surface area contributed by atoms with E-state index >= 15 is 0 Å². The molecule has 6 heteroatoms. The lowest BCUT2D eigenvalue weighted by Crippen LogP contribution is -1.95. The Hall–Kier alpha value is -2.89. The number of aryl methyl sites for hydroxylation is 3. The van der Waals surface area contributed by atoms with Crippen LogP contribution in [0.1, 0.15) is 22.3 Å². The molecular formula is C17H16N2O4. The molecule has 0 atom stereocenters. The van der Waals surface area contributed by atoms with Gasteiger partial charge in [0.2, 0.25) is 6.79 Å². The summed E-state index contributed by atoms with van der Waals surface area (Å²) in [5.41, 5.74) is 4.37. The molecule has 118 valence electrons. The monoisotopic (exact) mass is 312 g/mol. The van der Waals surface area contributed by atoms with Crippen LogP contribution in [0.15, 0.2) is 29.3 Å². The molecule has 23 heavy (non-hydrogen) atoms. The van der Waals surface area contributed by atoms with Gasteiger partial charge in [-0.25, -0.2) is 0 Å². The quantitative estimate of drug-likeness (QED) is 0.488. The summed E-state index contributed by atoms with van der Waals surface area (Å²) in [4.78, 5) is 15.3. The number of rotatable bonds is 3. The number of nitro groups is 1. The molecule has 1 aliphatic rings. The normalized spacial score (nSPS) is 12.8. The largest absolute Gasteiger partial charge is 0.454 e. The fourth-order valence-electron chi connectivity index (χ4n) is 2.72. The zero-order chi connectivity index (χ0) is 16.6. The van der Waals surface area contributed by atoms with Crippen LogP contribution in [0, 0.1) is 30.9 Å². The molecule has 0 unspecified atom stereocenters. The minimum atomic E-state index is -0.446. The van der Waals surface area contributed by atoms with Crippen LogP contribution >= 0.6 is 0 Å². The van der Waals surface area contributed by atoms with Crippen molar-refractivity contribution in [2.24, 2.45) is 4.99 Å². The number of nitro benzene ring substituents is 1. The first kappa shape index (κ1) is 15.0. The van der Waals surface area contributed by atoms with Crippen molar-refractivity contribution in [2.75, 3.05) is 6.79 Å². The maximum Gasteiger partial charge on any atom is 0.282 e. The molecule has 0 bridgehead atoms. The molecule has 0 spiro atoms. The van der Waals surface area contributed by atoms with E-state index in [-0.39, 0.29) is 12.5 Å². The van der Waals surface area contributed by atoms with E-state index in [9.17, 15) is 10.1 Å². The van der Waals surface area contributed by atoms with Crippen molar-refractivity contribution in [3.8, 4) is 11.5 Å². The van der Waals surface area contributed by atoms with E-state index in [1.165, 1.54) is 12.3 Å². The number of nitrogens with zero attached hydrogens (tertiary/aromatic N) is 2. The van der Waals surface area contributed by atoms with Crippen molar-refractivity contribution in [2.45, 2.75) is 20.8 Å². The first-order chi connectivity index (χ1) is 11.0. The number of aliphatic imine (C=N–C) groups is 1. The van der Waals surface area contributed by atoms with Crippen molar-refractivity contribution in [3.05, 3.63) is 56.6 Å². The molecule has 2 aromatic rings. The van der Waals surface area contributed by atoms with E-state index < -0.39 is 4.92 Å². The van der Waals surface area contributed by atoms with Crippen LogP contribution in [0.4, 0.5) is 11.4 Å². The van der Waals surface area contributed by atoms with Crippen LogP contribution < -0.4 is 9.47 Å². The van der Waals surface area contributed by atoms with E-state index in [0.717, 1.165) is 22.4 Å². The van der Waals surface area contributed by atoms with Gasteiger partial charge in [-0.3, -0.25) is 15.1 Å². The van der Waals surface area contributed by atoms with Gasteiger partial charge in [-0.2, -0.15) is 0 Å². The van der Waals surface area contributed by atoms with Crippen molar-refractivity contribution >= 4 is 17.6 Å². The van der Waals surface area contributed by atoms with Gasteiger partial charge >= 0.3 is 0 Å². The summed E-state index contributed by atoms with van der Waals surface area (Å²) in [5, 5.41) is 11.3. The maximum absolute atomic E-state index is 11.3. The van der Waals surface area contributed by atoms with Crippen molar-refractivity contribution < 1.29 is 14.4 Å². The average Bonchev–Trinajstić information content (AvgIpc) is 2.92. The highest BCUT2D eigenvalue weighted by Gasteiger charge is 2.22. The van der Waals surface area contributed by atoms with Gasteiger partial charge in [0.05, 0.1) is 22.2 Å². The van der Waals surface area contributed by atoms with Crippen LogP contribution in [0.2, 0.25) is 0 Å². The van der Waals surface area contributed by atoms with Crippen molar-refractivity contribution in [1.29, 1.82) is 0 Å². The molecule has 2 aromatic carbocycles. The molecular weight excluding hydrogens is 296 g/mol. The third-order valence-electron chi connectivity index (χ3n) is 3.69. The van der Waals surface area contributed by atoms with Crippen LogP contribution in [-0.4, -0.2) is 17.9 Å². The van der Waals surface area contributed by atoms with Crippen LogP contribution in [-0.2, 0) is 0 Å². The van der Waals surface area contributed by atoms with Gasteiger partial charge in [-0.15, -0.1) is 0 Å². The molecule has 0 aromatic heterocycles. The number of hydrogen-bond donors (Lipinski definition) is 0.